The molecule has 2 heterocycles. The number of carboxylic acids is 1. The first-order chi connectivity index (χ1) is 9.29. The van der Waals surface area contributed by atoms with Crippen molar-refractivity contribution in [1.29, 1.82) is 0 Å². The molecule has 0 spiro atoms. The molecule has 0 radical (unpaired) electrons. The fourth-order valence-corrected chi connectivity index (χ4v) is 2.55. The van der Waals surface area contributed by atoms with Gasteiger partial charge in [-0.25, -0.2) is 9.78 Å². The molecular formula is C15H19N3O2. The number of carboxylic acid groups (broad SMARTS) is 1. The van der Waals surface area contributed by atoms with Crippen molar-refractivity contribution < 1.29 is 9.90 Å². The second-order valence-corrected chi connectivity index (χ2v) is 6.59. The molecule has 2 aromatic heterocycles. The maximum atomic E-state index is 11.6. The fraction of sp³-hybridized carbons (Fsp3) is 0.533. The number of hydrogen-bond donors (Lipinski definition) is 1. The number of carbonyl (C=O) groups is 1. The van der Waals surface area contributed by atoms with E-state index in [1.54, 1.807) is 10.7 Å². The Morgan fingerprint density at radius 2 is 2.05 bits per heavy atom. The molecule has 106 valence electrons. The number of hydrogen-bond acceptors (Lipinski definition) is 3. The number of pyridine rings is 1. The minimum absolute atomic E-state index is 0.216. The molecule has 0 aliphatic heterocycles. The van der Waals surface area contributed by atoms with Crippen LogP contribution < -0.4 is 0 Å². The van der Waals surface area contributed by atoms with E-state index in [1.165, 1.54) is 0 Å². The maximum Gasteiger partial charge on any atom is 0.336 e. The molecule has 5 heteroatoms. The summed E-state index contributed by atoms with van der Waals surface area (Å²) in [6.07, 6.45) is 2.20. The van der Waals surface area contributed by atoms with Crippen molar-refractivity contribution in [3.63, 3.8) is 0 Å². The van der Waals surface area contributed by atoms with Gasteiger partial charge in [0.05, 0.1) is 16.6 Å². The predicted octanol–water partition coefficient (Wildman–Crippen LogP) is 2.84. The zero-order valence-electron chi connectivity index (χ0n) is 12.3. The van der Waals surface area contributed by atoms with Crippen molar-refractivity contribution in [2.45, 2.75) is 44.9 Å². The Morgan fingerprint density at radius 3 is 2.55 bits per heavy atom. The Hall–Kier alpha value is -1.91. The van der Waals surface area contributed by atoms with Gasteiger partial charge in [-0.05, 0) is 18.9 Å². The lowest BCUT2D eigenvalue weighted by Gasteiger charge is -2.16. The van der Waals surface area contributed by atoms with Gasteiger partial charge in [0, 0.05) is 24.1 Å². The largest absolute Gasteiger partial charge is 0.478 e. The Balaban J connectivity index is 2.37. The van der Waals surface area contributed by atoms with E-state index >= 15 is 0 Å². The van der Waals surface area contributed by atoms with Crippen LogP contribution in [0.2, 0.25) is 0 Å². The second kappa shape index (κ2) is 4.04. The van der Waals surface area contributed by atoms with E-state index in [4.69, 9.17) is 0 Å². The molecule has 1 aliphatic rings. The quantitative estimate of drug-likeness (QED) is 0.913. The Bertz CT molecular complexity index is 706. The Kier molecular flexibility index (Phi) is 2.64. The summed E-state index contributed by atoms with van der Waals surface area (Å²) in [4.78, 5) is 16.3. The molecule has 0 bridgehead atoms. The zero-order valence-corrected chi connectivity index (χ0v) is 12.3. The lowest BCUT2D eigenvalue weighted by atomic mass is 9.89. The molecule has 0 aromatic carbocycles. The van der Waals surface area contributed by atoms with E-state index in [2.05, 4.69) is 10.1 Å². The molecule has 1 saturated carbocycles. The molecule has 0 amide bonds. The van der Waals surface area contributed by atoms with Gasteiger partial charge in [-0.2, -0.15) is 5.10 Å². The van der Waals surface area contributed by atoms with Gasteiger partial charge in [-0.1, -0.05) is 20.8 Å². The van der Waals surface area contributed by atoms with Gasteiger partial charge < -0.3 is 5.11 Å². The van der Waals surface area contributed by atoms with Crippen LogP contribution in [0.1, 0.15) is 61.3 Å². The van der Waals surface area contributed by atoms with E-state index in [-0.39, 0.29) is 5.41 Å². The van der Waals surface area contributed by atoms with E-state index in [0.29, 0.717) is 22.5 Å². The summed E-state index contributed by atoms with van der Waals surface area (Å²) >= 11 is 0. The average Bonchev–Trinajstić information content (AvgIpc) is 3.12. The molecule has 0 unspecified atom stereocenters. The summed E-state index contributed by atoms with van der Waals surface area (Å²) in [5, 5.41) is 14.7. The first-order valence-electron chi connectivity index (χ1n) is 6.90. The first-order valence-corrected chi connectivity index (χ1v) is 6.90. The minimum Gasteiger partial charge on any atom is -0.478 e. The number of fused-ring (bicyclic) bond motifs is 1. The topological polar surface area (TPSA) is 68.0 Å². The van der Waals surface area contributed by atoms with Gasteiger partial charge in [0.15, 0.2) is 5.65 Å². The normalized spacial score (nSPS) is 15.8. The highest BCUT2D eigenvalue weighted by molar-refractivity contribution is 6.03. The lowest BCUT2D eigenvalue weighted by Crippen LogP contribution is -2.14. The van der Waals surface area contributed by atoms with Crippen molar-refractivity contribution in [2.75, 3.05) is 0 Å². The summed E-state index contributed by atoms with van der Waals surface area (Å²) < 4.78 is 1.70. The smallest absolute Gasteiger partial charge is 0.336 e. The molecular weight excluding hydrogens is 254 g/mol. The highest BCUT2D eigenvalue weighted by atomic mass is 16.4. The van der Waals surface area contributed by atoms with Gasteiger partial charge in [-0.15, -0.1) is 0 Å². The molecule has 3 rings (SSSR count). The van der Waals surface area contributed by atoms with Gasteiger partial charge in [0.2, 0.25) is 0 Å². The molecule has 2 aromatic rings. The highest BCUT2D eigenvalue weighted by Gasteiger charge is 2.31. The molecule has 1 fully saturated rings. The van der Waals surface area contributed by atoms with Crippen LogP contribution in [0, 0.1) is 0 Å². The van der Waals surface area contributed by atoms with Crippen LogP contribution in [0.4, 0.5) is 0 Å². The molecule has 0 atom stereocenters. The number of aryl methyl sites for hydroxylation is 1. The van der Waals surface area contributed by atoms with Crippen LogP contribution in [0.15, 0.2) is 6.07 Å². The summed E-state index contributed by atoms with van der Waals surface area (Å²) in [6.45, 7) is 6.11. The van der Waals surface area contributed by atoms with Crippen LogP contribution in [-0.4, -0.2) is 25.8 Å². The maximum absolute atomic E-state index is 11.6. The van der Waals surface area contributed by atoms with Crippen molar-refractivity contribution in [3.8, 4) is 0 Å². The first kappa shape index (κ1) is 13.1. The van der Waals surface area contributed by atoms with Gasteiger partial charge in [0.25, 0.3) is 0 Å². The summed E-state index contributed by atoms with van der Waals surface area (Å²) in [6, 6.07) is 1.74. The van der Waals surface area contributed by atoms with Crippen LogP contribution >= 0.6 is 0 Å². The summed E-state index contributed by atoms with van der Waals surface area (Å²) in [5.41, 5.74) is 2.47. The minimum atomic E-state index is -0.905. The van der Waals surface area contributed by atoms with E-state index < -0.39 is 5.97 Å². The van der Waals surface area contributed by atoms with E-state index in [9.17, 15) is 9.90 Å². The van der Waals surface area contributed by atoms with Crippen molar-refractivity contribution in [1.82, 2.24) is 14.8 Å². The molecule has 0 saturated heterocycles. The summed E-state index contributed by atoms with van der Waals surface area (Å²) in [5.74, 6) is -0.483. The molecule has 1 N–H and O–H groups in total. The van der Waals surface area contributed by atoms with Gasteiger partial charge in [-0.3, -0.25) is 4.68 Å². The van der Waals surface area contributed by atoms with Crippen LogP contribution in [-0.2, 0) is 12.5 Å². The Morgan fingerprint density at radius 1 is 1.40 bits per heavy atom. The van der Waals surface area contributed by atoms with Gasteiger partial charge >= 0.3 is 5.97 Å². The van der Waals surface area contributed by atoms with Crippen molar-refractivity contribution in [3.05, 3.63) is 23.0 Å². The second-order valence-electron chi connectivity index (χ2n) is 6.59. The van der Waals surface area contributed by atoms with E-state index in [1.807, 2.05) is 27.8 Å². The van der Waals surface area contributed by atoms with Crippen molar-refractivity contribution in [2.24, 2.45) is 7.05 Å². The Labute approximate surface area is 117 Å². The third-order valence-corrected chi connectivity index (χ3v) is 3.75. The highest BCUT2D eigenvalue weighted by Crippen LogP contribution is 2.41. The summed E-state index contributed by atoms with van der Waals surface area (Å²) in [7, 11) is 1.83. The molecule has 1 aliphatic carbocycles. The average molecular weight is 273 g/mol. The SMILES string of the molecule is Cn1nc(C(C)(C)C)c2c(C(=O)O)cc(C3CC3)nc21. The van der Waals surface area contributed by atoms with Crippen LogP contribution in [0.3, 0.4) is 0 Å². The number of aromatic carboxylic acids is 1. The number of aromatic nitrogens is 3. The predicted molar refractivity (Wildman–Crippen MR) is 76.1 cm³/mol. The van der Waals surface area contributed by atoms with Crippen LogP contribution in [0.25, 0.3) is 11.0 Å². The zero-order chi connectivity index (χ0) is 14.7. The molecule has 20 heavy (non-hydrogen) atoms. The standard InChI is InChI=1S/C15H19N3O2/c1-15(2,3)12-11-9(14(19)20)7-10(8-5-6-8)16-13(11)18(4)17-12/h7-8H,5-6H2,1-4H3,(H,19,20). The number of nitrogens with zero attached hydrogens (tertiary/aromatic N) is 3. The molecule has 5 nitrogen and oxygen atoms in total. The van der Waals surface area contributed by atoms with E-state index in [0.717, 1.165) is 24.2 Å². The van der Waals surface area contributed by atoms with Crippen LogP contribution in [0.5, 0.6) is 0 Å². The third-order valence-electron chi connectivity index (χ3n) is 3.75. The fourth-order valence-electron chi connectivity index (χ4n) is 2.55. The van der Waals surface area contributed by atoms with Crippen molar-refractivity contribution >= 4 is 17.0 Å². The number of rotatable bonds is 2. The third kappa shape index (κ3) is 1.97. The lowest BCUT2D eigenvalue weighted by molar-refractivity contribution is 0.0698. The monoisotopic (exact) mass is 273 g/mol. The van der Waals surface area contributed by atoms with Gasteiger partial charge in [0.1, 0.15) is 0 Å².